The summed E-state index contributed by atoms with van der Waals surface area (Å²) in [5.74, 6) is 2.26. The van der Waals surface area contributed by atoms with Crippen LogP contribution in [0.25, 0.3) is 0 Å². The maximum Gasteiger partial charge on any atom is 0.156 e. The lowest BCUT2D eigenvalue weighted by molar-refractivity contribution is 0.177. The van der Waals surface area contributed by atoms with E-state index >= 15 is 0 Å². The second-order valence-electron chi connectivity index (χ2n) is 7.61. The van der Waals surface area contributed by atoms with Gasteiger partial charge in [-0.3, -0.25) is 0 Å². The minimum atomic E-state index is 0.329. The van der Waals surface area contributed by atoms with Gasteiger partial charge < -0.3 is 20.3 Å². The van der Waals surface area contributed by atoms with E-state index in [0.29, 0.717) is 18.6 Å². The molecule has 0 bridgehead atoms. The van der Waals surface area contributed by atoms with Gasteiger partial charge in [-0.2, -0.15) is 0 Å². The van der Waals surface area contributed by atoms with Gasteiger partial charge in [-0.15, -0.1) is 0 Å². The number of methoxy groups -OCH3 is 1. The summed E-state index contributed by atoms with van der Waals surface area (Å²) in [7, 11) is 3.82. The highest BCUT2D eigenvalue weighted by molar-refractivity contribution is 5.40. The number of aromatic nitrogens is 2. The molecule has 0 amide bonds. The van der Waals surface area contributed by atoms with E-state index in [1.165, 1.54) is 38.8 Å². The van der Waals surface area contributed by atoms with Crippen LogP contribution in [0.5, 0.6) is 0 Å². The van der Waals surface area contributed by atoms with Crippen molar-refractivity contribution in [1.29, 1.82) is 0 Å². The van der Waals surface area contributed by atoms with E-state index in [9.17, 15) is 0 Å². The molecule has 1 aromatic rings. The lowest BCUT2D eigenvalue weighted by Gasteiger charge is -2.32. The fraction of sp³-hybridized carbons (Fsp3) is 0.789. The number of likely N-dealkylation sites (N-methyl/N-ethyl adjacent to an activating group) is 1. The second-order valence-corrected chi connectivity index (χ2v) is 7.61. The van der Waals surface area contributed by atoms with Crippen molar-refractivity contribution in [2.24, 2.45) is 5.73 Å². The Hall–Kier alpha value is -1.24. The van der Waals surface area contributed by atoms with E-state index in [1.807, 2.05) is 0 Å². The van der Waals surface area contributed by atoms with Crippen LogP contribution in [0.4, 0.5) is 5.82 Å². The summed E-state index contributed by atoms with van der Waals surface area (Å²) in [5, 5.41) is 0. The van der Waals surface area contributed by atoms with E-state index in [2.05, 4.69) is 22.9 Å². The molecule has 0 aromatic carbocycles. The molecule has 0 atom stereocenters. The number of ether oxygens (including phenoxy) is 1. The van der Waals surface area contributed by atoms with Crippen LogP contribution in [0.2, 0.25) is 0 Å². The molecule has 0 unspecified atom stereocenters. The molecule has 140 valence electrons. The molecule has 25 heavy (non-hydrogen) atoms. The summed E-state index contributed by atoms with van der Waals surface area (Å²) in [6.45, 7) is 5.02. The Labute approximate surface area is 151 Å². The van der Waals surface area contributed by atoms with Gasteiger partial charge in [-0.25, -0.2) is 9.97 Å². The maximum absolute atomic E-state index is 5.96. The smallest absolute Gasteiger partial charge is 0.156 e. The highest BCUT2D eigenvalue weighted by Gasteiger charge is 2.29. The second kappa shape index (κ2) is 8.92. The van der Waals surface area contributed by atoms with Crippen LogP contribution in [-0.2, 0) is 11.3 Å². The third-order valence-corrected chi connectivity index (χ3v) is 5.49. The minimum absolute atomic E-state index is 0.329. The number of anilines is 1. The normalized spacial score (nSPS) is 24.6. The number of nitrogens with zero attached hydrogens (tertiary/aromatic N) is 4. The molecule has 1 saturated carbocycles. The number of hydrogen-bond donors (Lipinski definition) is 1. The average molecular weight is 348 g/mol. The average Bonchev–Trinajstić information content (AvgIpc) is 2.85. The van der Waals surface area contributed by atoms with Gasteiger partial charge in [0.05, 0.1) is 0 Å². The maximum atomic E-state index is 5.96. The SMILES string of the molecule is COCc1nc(C2CC(N)C2)cc(N(C)CCN2CCCCCC2)n1. The van der Waals surface area contributed by atoms with Gasteiger partial charge >= 0.3 is 0 Å². The minimum Gasteiger partial charge on any atom is -0.377 e. The van der Waals surface area contributed by atoms with Crippen LogP contribution in [-0.4, -0.2) is 61.2 Å². The first-order chi connectivity index (χ1) is 12.2. The van der Waals surface area contributed by atoms with E-state index in [1.54, 1.807) is 7.11 Å². The van der Waals surface area contributed by atoms with Crippen LogP contribution >= 0.6 is 0 Å². The molecule has 2 N–H and O–H groups in total. The van der Waals surface area contributed by atoms with Gasteiger partial charge in [0.25, 0.3) is 0 Å². The van der Waals surface area contributed by atoms with Gasteiger partial charge in [0.2, 0.25) is 0 Å². The van der Waals surface area contributed by atoms with E-state index in [-0.39, 0.29) is 0 Å². The lowest BCUT2D eigenvalue weighted by Crippen LogP contribution is -2.36. The predicted octanol–water partition coefficient (Wildman–Crippen LogP) is 2.14. The van der Waals surface area contributed by atoms with Crippen LogP contribution < -0.4 is 10.6 Å². The Kier molecular flexibility index (Phi) is 6.62. The molecule has 3 rings (SSSR count). The first kappa shape index (κ1) is 18.5. The van der Waals surface area contributed by atoms with Crippen LogP contribution in [0.15, 0.2) is 6.07 Å². The monoisotopic (exact) mass is 347 g/mol. The van der Waals surface area contributed by atoms with Gasteiger partial charge in [0.1, 0.15) is 12.4 Å². The lowest BCUT2D eigenvalue weighted by atomic mass is 9.78. The summed E-state index contributed by atoms with van der Waals surface area (Å²) in [4.78, 5) is 14.2. The molecule has 6 heteroatoms. The molecule has 0 radical (unpaired) electrons. The Morgan fingerprint density at radius 3 is 2.56 bits per heavy atom. The van der Waals surface area contributed by atoms with Crippen molar-refractivity contribution in [2.45, 2.75) is 57.1 Å². The fourth-order valence-electron chi connectivity index (χ4n) is 3.77. The van der Waals surface area contributed by atoms with Crippen molar-refractivity contribution < 1.29 is 4.74 Å². The molecule has 1 saturated heterocycles. The standard InChI is InChI=1S/C19H33N5O/c1-23(9-10-24-7-5-3-4-6-8-24)19-13-17(15-11-16(20)12-15)21-18(22-19)14-25-2/h13,15-16H,3-12,14,20H2,1-2H3. The molecule has 1 aliphatic carbocycles. The van der Waals surface area contributed by atoms with E-state index < -0.39 is 0 Å². The van der Waals surface area contributed by atoms with Crippen LogP contribution in [0, 0.1) is 0 Å². The van der Waals surface area contributed by atoms with E-state index in [0.717, 1.165) is 43.3 Å². The fourth-order valence-corrected chi connectivity index (χ4v) is 3.77. The summed E-state index contributed by atoms with van der Waals surface area (Å²) < 4.78 is 5.26. The summed E-state index contributed by atoms with van der Waals surface area (Å²) in [6.07, 6.45) is 7.49. The van der Waals surface area contributed by atoms with Crippen molar-refractivity contribution in [1.82, 2.24) is 14.9 Å². The largest absolute Gasteiger partial charge is 0.377 e. The van der Waals surface area contributed by atoms with Gasteiger partial charge in [0.15, 0.2) is 5.82 Å². The topological polar surface area (TPSA) is 67.5 Å². The molecular weight excluding hydrogens is 314 g/mol. The van der Waals surface area contributed by atoms with Crippen molar-refractivity contribution in [2.75, 3.05) is 45.2 Å². The van der Waals surface area contributed by atoms with E-state index in [4.69, 9.17) is 20.4 Å². The Morgan fingerprint density at radius 2 is 1.92 bits per heavy atom. The quantitative estimate of drug-likeness (QED) is 0.815. The first-order valence-electron chi connectivity index (χ1n) is 9.71. The Balaban J connectivity index is 1.64. The Bertz CT molecular complexity index is 539. The van der Waals surface area contributed by atoms with Crippen LogP contribution in [0.3, 0.4) is 0 Å². The molecule has 6 nitrogen and oxygen atoms in total. The molecular formula is C19H33N5O. The molecule has 1 aromatic heterocycles. The van der Waals surface area contributed by atoms with Gasteiger partial charge in [-0.1, -0.05) is 12.8 Å². The Morgan fingerprint density at radius 1 is 1.20 bits per heavy atom. The highest BCUT2D eigenvalue weighted by Crippen LogP contribution is 2.35. The zero-order chi connectivity index (χ0) is 17.6. The van der Waals surface area contributed by atoms with Crippen molar-refractivity contribution in [3.63, 3.8) is 0 Å². The van der Waals surface area contributed by atoms with Crippen molar-refractivity contribution >= 4 is 5.82 Å². The predicted molar refractivity (Wildman–Crippen MR) is 101 cm³/mol. The number of likely N-dealkylation sites (tertiary alicyclic amines) is 1. The highest BCUT2D eigenvalue weighted by atomic mass is 16.5. The summed E-state index contributed by atoms with van der Waals surface area (Å²) in [6, 6.07) is 2.48. The van der Waals surface area contributed by atoms with Gasteiger partial charge in [-0.05, 0) is 38.8 Å². The van der Waals surface area contributed by atoms with Crippen molar-refractivity contribution in [3.05, 3.63) is 17.6 Å². The molecule has 0 spiro atoms. The third-order valence-electron chi connectivity index (χ3n) is 5.49. The summed E-state index contributed by atoms with van der Waals surface area (Å²) >= 11 is 0. The number of nitrogens with two attached hydrogens (primary N) is 1. The van der Waals surface area contributed by atoms with Crippen molar-refractivity contribution in [3.8, 4) is 0 Å². The zero-order valence-corrected chi connectivity index (χ0v) is 15.8. The third kappa shape index (κ3) is 5.12. The molecule has 2 heterocycles. The molecule has 1 aliphatic heterocycles. The zero-order valence-electron chi connectivity index (χ0n) is 15.8. The summed E-state index contributed by atoms with van der Waals surface area (Å²) in [5.41, 5.74) is 7.09. The van der Waals surface area contributed by atoms with Gasteiger partial charge in [0, 0.05) is 51.0 Å². The van der Waals surface area contributed by atoms with Crippen LogP contribution in [0.1, 0.15) is 56.0 Å². The molecule has 2 fully saturated rings. The first-order valence-corrected chi connectivity index (χ1v) is 9.71. The molecule has 2 aliphatic rings. The number of rotatable bonds is 7. The number of hydrogen-bond acceptors (Lipinski definition) is 6.